The van der Waals surface area contributed by atoms with Crippen LogP contribution in [0.1, 0.15) is 25.1 Å². The number of nitrogens with one attached hydrogen (secondary N) is 1. The van der Waals surface area contributed by atoms with E-state index in [1.807, 2.05) is 32.4 Å². The fourth-order valence-electron chi connectivity index (χ4n) is 4.46. The lowest BCUT2D eigenvalue weighted by Crippen LogP contribution is -2.45. The van der Waals surface area contributed by atoms with E-state index < -0.39 is 0 Å². The molecule has 1 unspecified atom stereocenters. The van der Waals surface area contributed by atoms with E-state index in [-0.39, 0.29) is 11.8 Å². The number of anilines is 1. The molecule has 0 radical (unpaired) electrons. The third-order valence-electron chi connectivity index (χ3n) is 6.70. The van der Waals surface area contributed by atoms with Crippen molar-refractivity contribution in [1.82, 2.24) is 19.4 Å². The second-order valence-corrected chi connectivity index (χ2v) is 8.73. The highest BCUT2D eigenvalue weighted by atomic mass is 16.5. The zero-order chi connectivity index (χ0) is 21.4. The first-order chi connectivity index (χ1) is 15.1. The third-order valence-corrected chi connectivity index (χ3v) is 6.70. The lowest BCUT2D eigenvalue weighted by molar-refractivity contribution is -0.121. The number of hydrogen-bond donors (Lipinski definition) is 1. The minimum Gasteiger partial charge on any atom is -0.377 e. The molecule has 0 bridgehead atoms. The second-order valence-electron chi connectivity index (χ2n) is 8.73. The molecule has 7 nitrogen and oxygen atoms in total. The molecule has 1 aromatic carbocycles. The van der Waals surface area contributed by atoms with E-state index in [0.29, 0.717) is 11.9 Å². The van der Waals surface area contributed by atoms with Gasteiger partial charge < -0.3 is 19.5 Å². The molecule has 31 heavy (non-hydrogen) atoms. The Morgan fingerprint density at radius 2 is 1.94 bits per heavy atom. The largest absolute Gasteiger partial charge is 0.377 e. The lowest BCUT2D eigenvalue weighted by atomic mass is 9.95. The van der Waals surface area contributed by atoms with E-state index in [1.54, 1.807) is 0 Å². The van der Waals surface area contributed by atoms with E-state index in [1.165, 1.54) is 0 Å². The molecule has 0 saturated carbocycles. The Morgan fingerprint density at radius 1 is 1.13 bits per heavy atom. The zero-order valence-corrected chi connectivity index (χ0v) is 18.2. The molecule has 2 saturated heterocycles. The fourth-order valence-corrected chi connectivity index (χ4v) is 4.46. The number of aromatic nitrogens is 3. The monoisotopic (exact) mass is 419 g/mol. The van der Waals surface area contributed by atoms with Crippen molar-refractivity contribution in [2.75, 3.05) is 31.6 Å². The number of hydrogen-bond acceptors (Lipinski definition) is 5. The van der Waals surface area contributed by atoms with Crippen LogP contribution in [0.15, 0.2) is 36.7 Å². The molecule has 2 fully saturated rings. The van der Waals surface area contributed by atoms with Gasteiger partial charge in [0.05, 0.1) is 18.0 Å². The molecule has 1 amide bonds. The van der Waals surface area contributed by atoms with Gasteiger partial charge in [-0.3, -0.25) is 4.79 Å². The van der Waals surface area contributed by atoms with Crippen molar-refractivity contribution in [3.05, 3.63) is 42.5 Å². The fraction of sp³-hybridized carbons (Fsp3) is 0.458. The van der Waals surface area contributed by atoms with Crippen LogP contribution in [0.4, 0.5) is 5.82 Å². The Bertz CT molecular complexity index is 1100. The number of carbonyl (C=O) groups excluding carboxylic acids is 1. The first-order valence-electron chi connectivity index (χ1n) is 11.1. The average Bonchev–Trinajstić information content (AvgIpc) is 3.09. The summed E-state index contributed by atoms with van der Waals surface area (Å²) in [6, 6.07) is 8.24. The van der Waals surface area contributed by atoms with Gasteiger partial charge in [-0.1, -0.05) is 12.1 Å². The number of aryl methyl sites for hydroxylation is 1. The molecule has 2 aliphatic rings. The van der Waals surface area contributed by atoms with Gasteiger partial charge in [0.2, 0.25) is 5.91 Å². The molecule has 5 rings (SSSR count). The number of fused-ring (bicyclic) bond motifs is 1. The molecule has 1 N–H and O–H groups in total. The van der Waals surface area contributed by atoms with Crippen molar-refractivity contribution in [2.24, 2.45) is 13.0 Å². The molecule has 0 aliphatic carbocycles. The van der Waals surface area contributed by atoms with Crippen LogP contribution in [0.3, 0.4) is 0 Å². The topological polar surface area (TPSA) is 72.3 Å². The molecule has 1 atom stereocenters. The van der Waals surface area contributed by atoms with Crippen molar-refractivity contribution >= 4 is 22.5 Å². The molecular formula is C24H29N5O2. The highest BCUT2D eigenvalue weighted by molar-refractivity contribution is 5.95. The first-order valence-corrected chi connectivity index (χ1v) is 11.1. The maximum atomic E-state index is 12.8. The smallest absolute Gasteiger partial charge is 0.228 e. The van der Waals surface area contributed by atoms with Gasteiger partial charge in [0.25, 0.3) is 0 Å². The summed E-state index contributed by atoms with van der Waals surface area (Å²) in [4.78, 5) is 24.1. The van der Waals surface area contributed by atoms with Crippen molar-refractivity contribution < 1.29 is 9.53 Å². The van der Waals surface area contributed by atoms with E-state index in [9.17, 15) is 4.79 Å². The zero-order valence-electron chi connectivity index (χ0n) is 18.2. The molecule has 7 heteroatoms. The summed E-state index contributed by atoms with van der Waals surface area (Å²) < 4.78 is 7.61. The number of rotatable bonds is 5. The van der Waals surface area contributed by atoms with E-state index >= 15 is 0 Å². The van der Waals surface area contributed by atoms with Crippen LogP contribution in [0, 0.1) is 12.8 Å². The molecule has 2 aromatic heterocycles. The van der Waals surface area contributed by atoms with E-state index in [0.717, 1.165) is 73.4 Å². The standard InChI is InChI=1S/C24H29N5O2/c1-16-25-14-22(28(16)2)18-3-4-19-13-26-23(12-20(19)11-18)27-24(30)17-5-8-29(9-6-17)15-21-7-10-31-21/h3-4,11-14,17,21H,5-10,15H2,1-2H3,(H,26,27,30). The molecule has 0 spiro atoms. The van der Waals surface area contributed by atoms with Crippen molar-refractivity contribution in [2.45, 2.75) is 32.3 Å². The molecule has 2 aliphatic heterocycles. The number of piperidine rings is 1. The van der Waals surface area contributed by atoms with Gasteiger partial charge in [0, 0.05) is 43.3 Å². The maximum absolute atomic E-state index is 12.8. The Labute approximate surface area is 182 Å². The molecule has 4 heterocycles. The number of nitrogens with zero attached hydrogens (tertiary/aromatic N) is 4. The van der Waals surface area contributed by atoms with Crippen molar-refractivity contribution in [3.8, 4) is 11.3 Å². The van der Waals surface area contributed by atoms with Crippen molar-refractivity contribution in [1.29, 1.82) is 0 Å². The Balaban J connectivity index is 1.25. The van der Waals surface area contributed by atoms with Gasteiger partial charge in [-0.05, 0) is 56.8 Å². The number of ether oxygens (including phenoxy) is 1. The second kappa shape index (κ2) is 8.40. The van der Waals surface area contributed by atoms with Gasteiger partial charge in [-0.2, -0.15) is 0 Å². The third kappa shape index (κ3) is 4.20. The van der Waals surface area contributed by atoms with Gasteiger partial charge in [-0.15, -0.1) is 0 Å². The van der Waals surface area contributed by atoms with E-state index in [4.69, 9.17) is 4.74 Å². The molecular weight excluding hydrogens is 390 g/mol. The normalized spacial score (nSPS) is 20.0. The van der Waals surface area contributed by atoms with Gasteiger partial charge in [0.15, 0.2) is 0 Å². The van der Waals surface area contributed by atoms with Crippen LogP contribution in [0.2, 0.25) is 0 Å². The number of amides is 1. The van der Waals surface area contributed by atoms with Crippen LogP contribution in [-0.2, 0) is 16.6 Å². The number of pyridine rings is 1. The Hall–Kier alpha value is -2.77. The summed E-state index contributed by atoms with van der Waals surface area (Å²) in [5.41, 5.74) is 2.17. The van der Waals surface area contributed by atoms with Crippen LogP contribution < -0.4 is 5.32 Å². The Kier molecular flexibility index (Phi) is 5.46. The average molecular weight is 420 g/mol. The first kappa shape index (κ1) is 20.2. The molecule has 162 valence electrons. The number of likely N-dealkylation sites (tertiary alicyclic amines) is 1. The minimum atomic E-state index is 0.0415. The maximum Gasteiger partial charge on any atom is 0.228 e. The summed E-state index contributed by atoms with van der Waals surface area (Å²) in [5.74, 6) is 1.70. The van der Waals surface area contributed by atoms with Gasteiger partial charge in [0.1, 0.15) is 11.6 Å². The molecule has 3 aromatic rings. The number of carbonyl (C=O) groups is 1. The van der Waals surface area contributed by atoms with Crippen LogP contribution >= 0.6 is 0 Å². The van der Waals surface area contributed by atoms with Crippen LogP contribution in [-0.4, -0.2) is 57.7 Å². The summed E-state index contributed by atoms with van der Waals surface area (Å²) in [6.07, 6.45) is 7.04. The van der Waals surface area contributed by atoms with Gasteiger partial charge in [-0.25, -0.2) is 9.97 Å². The quantitative estimate of drug-likeness (QED) is 0.686. The predicted octanol–water partition coefficient (Wildman–Crippen LogP) is 3.38. The summed E-state index contributed by atoms with van der Waals surface area (Å²) in [7, 11) is 2.02. The minimum absolute atomic E-state index is 0.0415. The SMILES string of the molecule is Cc1ncc(-c2ccc3cnc(NC(=O)C4CCN(CC5CCO5)CC4)cc3c2)n1C. The van der Waals surface area contributed by atoms with E-state index in [2.05, 4.69) is 43.0 Å². The highest BCUT2D eigenvalue weighted by Gasteiger charge is 2.28. The lowest BCUT2D eigenvalue weighted by Gasteiger charge is -2.36. The number of imidazole rings is 1. The van der Waals surface area contributed by atoms with Crippen LogP contribution in [0.25, 0.3) is 22.0 Å². The Morgan fingerprint density at radius 3 is 2.61 bits per heavy atom. The summed E-state index contributed by atoms with van der Waals surface area (Å²) >= 11 is 0. The van der Waals surface area contributed by atoms with Gasteiger partial charge >= 0.3 is 0 Å². The summed E-state index contributed by atoms with van der Waals surface area (Å²) in [6.45, 7) is 5.80. The van der Waals surface area contributed by atoms with Crippen LogP contribution in [0.5, 0.6) is 0 Å². The summed E-state index contributed by atoms with van der Waals surface area (Å²) in [5, 5.41) is 5.15. The predicted molar refractivity (Wildman–Crippen MR) is 121 cm³/mol. The highest BCUT2D eigenvalue weighted by Crippen LogP contribution is 2.27. The van der Waals surface area contributed by atoms with Crippen molar-refractivity contribution in [3.63, 3.8) is 0 Å². The number of benzene rings is 1.